The lowest BCUT2D eigenvalue weighted by atomic mass is 10.1. The third-order valence-electron chi connectivity index (χ3n) is 3.09. The van der Waals surface area contributed by atoms with Crippen molar-refractivity contribution < 1.29 is 9.47 Å². The molecule has 0 atom stereocenters. The summed E-state index contributed by atoms with van der Waals surface area (Å²) in [6, 6.07) is 10.3. The summed E-state index contributed by atoms with van der Waals surface area (Å²) in [4.78, 5) is 4.22. The summed E-state index contributed by atoms with van der Waals surface area (Å²) in [6.07, 6.45) is 3.20. The molecule has 0 aliphatic heterocycles. The molecule has 0 amide bonds. The summed E-state index contributed by atoms with van der Waals surface area (Å²) in [5, 5.41) is 3.10. The lowest BCUT2D eigenvalue weighted by Crippen LogP contribution is -2.33. The molecule has 0 aliphatic rings. The zero-order valence-electron chi connectivity index (χ0n) is 14.0. The summed E-state index contributed by atoms with van der Waals surface area (Å²) < 4.78 is 10.8. The smallest absolute Gasteiger partial charge is 0.188 e. The largest absolute Gasteiger partial charge is 0.379 e. The molecule has 0 fully saturated rings. The average Bonchev–Trinajstić information content (AvgIpc) is 2.54. The zero-order valence-corrected chi connectivity index (χ0v) is 16.3. The van der Waals surface area contributed by atoms with Gasteiger partial charge in [0.05, 0.1) is 26.4 Å². The summed E-state index contributed by atoms with van der Waals surface area (Å²) >= 11 is 0. The van der Waals surface area contributed by atoms with Gasteiger partial charge in [-0.1, -0.05) is 43.7 Å². The first-order chi connectivity index (χ1) is 10.8. The minimum atomic E-state index is 0. The number of nitrogens with one attached hydrogen (secondary N) is 1. The molecule has 0 aliphatic carbocycles. The first kappa shape index (κ1) is 22.1. The molecule has 0 aromatic heterocycles. The van der Waals surface area contributed by atoms with E-state index >= 15 is 0 Å². The fourth-order valence-corrected chi connectivity index (χ4v) is 1.83. The van der Waals surface area contributed by atoms with Crippen molar-refractivity contribution in [3.8, 4) is 0 Å². The quantitative estimate of drug-likeness (QED) is 0.229. The Bertz CT molecular complexity index is 402. The van der Waals surface area contributed by atoms with Crippen LogP contribution in [0.4, 0.5) is 0 Å². The van der Waals surface area contributed by atoms with E-state index < -0.39 is 0 Å². The minimum Gasteiger partial charge on any atom is -0.379 e. The van der Waals surface area contributed by atoms with Crippen LogP contribution in [0.3, 0.4) is 0 Å². The van der Waals surface area contributed by atoms with Gasteiger partial charge in [0.25, 0.3) is 0 Å². The van der Waals surface area contributed by atoms with E-state index in [1.807, 2.05) is 18.2 Å². The first-order valence-corrected chi connectivity index (χ1v) is 8.06. The number of ether oxygens (including phenoxy) is 2. The second-order valence-electron chi connectivity index (χ2n) is 5.01. The van der Waals surface area contributed by atoms with E-state index in [-0.39, 0.29) is 24.0 Å². The third-order valence-corrected chi connectivity index (χ3v) is 3.09. The molecule has 1 rings (SSSR count). The van der Waals surface area contributed by atoms with Gasteiger partial charge in [-0.05, 0) is 18.4 Å². The van der Waals surface area contributed by atoms with Crippen LogP contribution >= 0.6 is 24.0 Å². The Labute approximate surface area is 157 Å². The lowest BCUT2D eigenvalue weighted by Gasteiger charge is -2.06. The van der Waals surface area contributed by atoms with Crippen LogP contribution in [0.25, 0.3) is 0 Å². The van der Waals surface area contributed by atoms with Crippen molar-refractivity contribution in [2.45, 2.75) is 26.2 Å². The number of halogens is 1. The number of aliphatic imine (C=N–C) groups is 1. The third kappa shape index (κ3) is 13.3. The first-order valence-electron chi connectivity index (χ1n) is 8.06. The van der Waals surface area contributed by atoms with Gasteiger partial charge in [-0.3, -0.25) is 4.99 Å². The fourth-order valence-electron chi connectivity index (χ4n) is 1.83. The van der Waals surface area contributed by atoms with Gasteiger partial charge in [-0.25, -0.2) is 0 Å². The van der Waals surface area contributed by atoms with Gasteiger partial charge < -0.3 is 20.5 Å². The van der Waals surface area contributed by atoms with Crippen LogP contribution < -0.4 is 11.1 Å². The van der Waals surface area contributed by atoms with Gasteiger partial charge in [-0.15, -0.1) is 24.0 Å². The van der Waals surface area contributed by atoms with Crippen molar-refractivity contribution in [3.05, 3.63) is 35.9 Å². The van der Waals surface area contributed by atoms with E-state index in [0.29, 0.717) is 32.3 Å². The van der Waals surface area contributed by atoms with Gasteiger partial charge in [0, 0.05) is 13.2 Å². The van der Waals surface area contributed by atoms with Crippen molar-refractivity contribution in [2.24, 2.45) is 10.7 Å². The minimum absolute atomic E-state index is 0. The monoisotopic (exact) mass is 435 g/mol. The predicted octanol–water partition coefficient (Wildman–Crippen LogP) is 2.58. The second-order valence-corrected chi connectivity index (χ2v) is 5.01. The number of nitrogens with zero attached hydrogens (tertiary/aromatic N) is 1. The summed E-state index contributed by atoms with van der Waals surface area (Å²) in [5.74, 6) is 0.471. The molecule has 1 aromatic rings. The van der Waals surface area contributed by atoms with E-state index in [9.17, 15) is 0 Å². The molecule has 0 heterocycles. The zero-order chi connectivity index (χ0) is 15.9. The molecular weight excluding hydrogens is 405 g/mol. The molecule has 0 saturated carbocycles. The Morgan fingerprint density at radius 3 is 2.48 bits per heavy atom. The van der Waals surface area contributed by atoms with Crippen LogP contribution in [0.2, 0.25) is 0 Å². The standard InChI is InChI=1S/C17H29N3O2.HI/c1-2-3-12-21-14-15-22-13-11-20-17(18)19-10-9-16-7-5-4-6-8-16;/h4-8H,2-3,9-15H2,1H3,(H3,18,19,20);1H. The number of guanidine groups is 1. The maximum absolute atomic E-state index is 5.79. The highest BCUT2D eigenvalue weighted by Gasteiger charge is 1.94. The number of rotatable bonds is 12. The van der Waals surface area contributed by atoms with Crippen molar-refractivity contribution in [1.82, 2.24) is 5.32 Å². The highest BCUT2D eigenvalue weighted by molar-refractivity contribution is 14.0. The summed E-state index contributed by atoms with van der Waals surface area (Å²) in [6.45, 7) is 6.14. The Balaban J connectivity index is 0.00000484. The second kappa shape index (κ2) is 16.0. The van der Waals surface area contributed by atoms with Crippen LogP contribution in [-0.4, -0.2) is 45.5 Å². The van der Waals surface area contributed by atoms with E-state index in [1.165, 1.54) is 5.56 Å². The lowest BCUT2D eigenvalue weighted by molar-refractivity contribution is 0.0497. The van der Waals surface area contributed by atoms with Crippen molar-refractivity contribution in [1.29, 1.82) is 0 Å². The molecule has 3 N–H and O–H groups in total. The molecule has 0 saturated heterocycles. The molecule has 0 spiro atoms. The molecule has 1 aromatic carbocycles. The maximum atomic E-state index is 5.79. The Kier molecular flexibility index (Phi) is 15.4. The molecule has 6 heteroatoms. The van der Waals surface area contributed by atoms with Crippen LogP contribution in [0.1, 0.15) is 25.3 Å². The van der Waals surface area contributed by atoms with Crippen molar-refractivity contribution in [3.63, 3.8) is 0 Å². The number of benzene rings is 1. The predicted molar refractivity (Wildman–Crippen MR) is 107 cm³/mol. The Hall–Kier alpha value is -0.860. The molecule has 23 heavy (non-hydrogen) atoms. The van der Waals surface area contributed by atoms with Gasteiger partial charge in [0.1, 0.15) is 0 Å². The molecular formula is C17H30IN3O2. The van der Waals surface area contributed by atoms with Gasteiger partial charge in [-0.2, -0.15) is 0 Å². The van der Waals surface area contributed by atoms with Crippen LogP contribution in [0, 0.1) is 0 Å². The number of hydrogen-bond acceptors (Lipinski definition) is 3. The van der Waals surface area contributed by atoms with Crippen LogP contribution in [0.15, 0.2) is 35.3 Å². The van der Waals surface area contributed by atoms with Crippen LogP contribution in [0.5, 0.6) is 0 Å². The number of nitrogens with two attached hydrogens (primary N) is 1. The van der Waals surface area contributed by atoms with Crippen LogP contribution in [-0.2, 0) is 15.9 Å². The Morgan fingerprint density at radius 1 is 1.09 bits per heavy atom. The number of hydrogen-bond donors (Lipinski definition) is 2. The van der Waals surface area contributed by atoms with Crippen molar-refractivity contribution in [2.75, 3.05) is 39.5 Å². The van der Waals surface area contributed by atoms with Crippen molar-refractivity contribution >= 4 is 29.9 Å². The average molecular weight is 435 g/mol. The molecule has 0 radical (unpaired) electrons. The SMILES string of the molecule is CCCCOCCOCCN=C(N)NCCc1ccccc1.I. The molecule has 5 nitrogen and oxygen atoms in total. The van der Waals surface area contributed by atoms with E-state index in [4.69, 9.17) is 15.2 Å². The summed E-state index contributed by atoms with van der Waals surface area (Å²) in [5.41, 5.74) is 7.08. The molecule has 0 unspecified atom stereocenters. The summed E-state index contributed by atoms with van der Waals surface area (Å²) in [7, 11) is 0. The Morgan fingerprint density at radius 2 is 1.78 bits per heavy atom. The normalized spacial score (nSPS) is 11.1. The van der Waals surface area contributed by atoms with E-state index in [0.717, 1.165) is 32.4 Å². The number of unbranched alkanes of at least 4 members (excludes halogenated alkanes) is 1. The topological polar surface area (TPSA) is 68.9 Å². The van der Waals surface area contributed by atoms with E-state index in [2.05, 4.69) is 29.4 Å². The van der Waals surface area contributed by atoms with Gasteiger partial charge in [0.15, 0.2) is 5.96 Å². The highest BCUT2D eigenvalue weighted by atomic mass is 127. The molecule has 0 bridgehead atoms. The molecule has 132 valence electrons. The van der Waals surface area contributed by atoms with Gasteiger partial charge >= 0.3 is 0 Å². The maximum Gasteiger partial charge on any atom is 0.188 e. The highest BCUT2D eigenvalue weighted by Crippen LogP contribution is 1.97. The van der Waals surface area contributed by atoms with E-state index in [1.54, 1.807) is 0 Å². The van der Waals surface area contributed by atoms with Gasteiger partial charge in [0.2, 0.25) is 0 Å². The fraction of sp³-hybridized carbons (Fsp3) is 0.588.